The minimum atomic E-state index is -0.716. The van der Waals surface area contributed by atoms with E-state index < -0.39 is 11.0 Å². The number of nitrogens with one attached hydrogen (secondary N) is 1. The number of ether oxygens (including phenoxy) is 1. The van der Waals surface area contributed by atoms with Gasteiger partial charge in [0.1, 0.15) is 5.69 Å². The van der Waals surface area contributed by atoms with Crippen LogP contribution in [0.5, 0.6) is 5.88 Å². The molecule has 0 unspecified atom stereocenters. The number of rotatable bonds is 5. The van der Waals surface area contributed by atoms with E-state index in [1.54, 1.807) is 18.3 Å². The van der Waals surface area contributed by atoms with Gasteiger partial charge < -0.3 is 15.8 Å². The van der Waals surface area contributed by atoms with Crippen molar-refractivity contribution in [1.29, 1.82) is 0 Å². The fraction of sp³-hybridized carbons (Fsp3) is 0.571. The van der Waals surface area contributed by atoms with E-state index >= 15 is 0 Å². The number of pyridine rings is 1. The van der Waals surface area contributed by atoms with Crippen molar-refractivity contribution in [3.63, 3.8) is 0 Å². The van der Waals surface area contributed by atoms with Gasteiger partial charge in [0, 0.05) is 11.7 Å². The van der Waals surface area contributed by atoms with Crippen LogP contribution in [0.25, 0.3) is 0 Å². The molecule has 1 aromatic rings. The molecule has 0 bridgehead atoms. The molecule has 3 N–H and O–H groups in total. The summed E-state index contributed by atoms with van der Waals surface area (Å²) in [5.41, 5.74) is 5.27. The maximum Gasteiger partial charge on any atom is 0.237 e. The van der Waals surface area contributed by atoms with Crippen LogP contribution < -0.4 is 15.8 Å². The lowest BCUT2D eigenvalue weighted by atomic mass is 9.74. The molecule has 0 saturated carbocycles. The number of amides is 1. The van der Waals surface area contributed by atoms with Gasteiger partial charge in [-0.05, 0) is 46.8 Å². The van der Waals surface area contributed by atoms with Gasteiger partial charge in [-0.3, -0.25) is 4.79 Å². The van der Waals surface area contributed by atoms with E-state index in [2.05, 4.69) is 10.3 Å². The van der Waals surface area contributed by atoms with Gasteiger partial charge >= 0.3 is 0 Å². The van der Waals surface area contributed by atoms with Crippen molar-refractivity contribution in [3.05, 3.63) is 18.3 Å². The second-order valence-electron chi connectivity index (χ2n) is 5.59. The molecular formula is C14H23N3O2. The van der Waals surface area contributed by atoms with Gasteiger partial charge in [-0.25, -0.2) is 4.98 Å². The van der Waals surface area contributed by atoms with Crippen molar-refractivity contribution in [2.75, 3.05) is 11.9 Å². The third-order valence-electron chi connectivity index (χ3n) is 3.48. The zero-order chi connectivity index (χ0) is 14.7. The Balaban J connectivity index is 2.94. The molecule has 106 valence electrons. The third kappa shape index (κ3) is 3.44. The minimum absolute atomic E-state index is 0.158. The monoisotopic (exact) mass is 265 g/mol. The van der Waals surface area contributed by atoms with E-state index in [4.69, 9.17) is 10.5 Å². The van der Waals surface area contributed by atoms with Crippen LogP contribution in [0.2, 0.25) is 0 Å². The predicted molar refractivity (Wildman–Crippen MR) is 76.1 cm³/mol. The molecule has 5 heteroatoms. The molecule has 0 aliphatic rings. The summed E-state index contributed by atoms with van der Waals surface area (Å²) in [6, 6.07) is 3.51. The lowest BCUT2D eigenvalue weighted by Gasteiger charge is -2.36. The Labute approximate surface area is 114 Å². The zero-order valence-electron chi connectivity index (χ0n) is 12.3. The molecule has 1 aromatic heterocycles. The highest BCUT2D eigenvalue weighted by Crippen LogP contribution is 2.31. The average Bonchev–Trinajstić information content (AvgIpc) is 2.30. The summed E-state index contributed by atoms with van der Waals surface area (Å²) in [6.07, 6.45) is 1.62. The summed E-state index contributed by atoms with van der Waals surface area (Å²) >= 11 is 0. The molecule has 0 aliphatic heterocycles. The first-order valence-corrected chi connectivity index (χ1v) is 6.38. The van der Waals surface area contributed by atoms with Crippen molar-refractivity contribution >= 4 is 11.6 Å². The fourth-order valence-corrected chi connectivity index (χ4v) is 1.31. The molecule has 0 fully saturated rings. The van der Waals surface area contributed by atoms with Gasteiger partial charge in [-0.2, -0.15) is 0 Å². The third-order valence-corrected chi connectivity index (χ3v) is 3.48. The molecule has 0 aromatic carbocycles. The number of hydrogen-bond acceptors (Lipinski definition) is 4. The number of carbonyl (C=O) groups excluding carboxylic acids is 1. The average molecular weight is 265 g/mol. The number of nitrogens with two attached hydrogens (primary N) is 1. The maximum atomic E-state index is 12.4. The van der Waals surface area contributed by atoms with Gasteiger partial charge in [0.15, 0.2) is 0 Å². The van der Waals surface area contributed by atoms with Crippen LogP contribution in [0.1, 0.15) is 34.6 Å². The molecule has 5 nitrogen and oxygen atoms in total. The molecule has 1 amide bonds. The van der Waals surface area contributed by atoms with Crippen LogP contribution in [-0.4, -0.2) is 23.0 Å². The van der Waals surface area contributed by atoms with Crippen molar-refractivity contribution < 1.29 is 9.53 Å². The molecule has 0 aliphatic carbocycles. The Kier molecular flexibility index (Phi) is 4.52. The van der Waals surface area contributed by atoms with E-state index in [0.717, 1.165) is 0 Å². The van der Waals surface area contributed by atoms with Crippen molar-refractivity contribution in [2.45, 2.75) is 40.2 Å². The normalized spacial score (nSPS) is 12.1. The molecule has 19 heavy (non-hydrogen) atoms. The Morgan fingerprint density at radius 2 is 2.05 bits per heavy atom. The van der Waals surface area contributed by atoms with E-state index in [9.17, 15) is 4.79 Å². The van der Waals surface area contributed by atoms with Gasteiger partial charge in [-0.15, -0.1) is 0 Å². The molecule has 0 saturated heterocycles. The van der Waals surface area contributed by atoms with E-state index in [1.165, 1.54) is 0 Å². The molecule has 0 spiro atoms. The van der Waals surface area contributed by atoms with Crippen molar-refractivity contribution in [1.82, 2.24) is 4.98 Å². The first kappa shape index (κ1) is 15.4. The van der Waals surface area contributed by atoms with Crippen LogP contribution in [-0.2, 0) is 4.79 Å². The first-order chi connectivity index (χ1) is 8.70. The van der Waals surface area contributed by atoms with Crippen LogP contribution >= 0.6 is 0 Å². The van der Waals surface area contributed by atoms with E-state index in [1.807, 2.05) is 34.6 Å². The van der Waals surface area contributed by atoms with Crippen LogP contribution in [0.15, 0.2) is 18.3 Å². The van der Waals surface area contributed by atoms with Gasteiger partial charge in [0.25, 0.3) is 0 Å². The molecule has 1 rings (SSSR count). The predicted octanol–water partition coefficient (Wildman–Crippen LogP) is 2.18. The fourth-order valence-electron chi connectivity index (χ4n) is 1.31. The Morgan fingerprint density at radius 3 is 2.58 bits per heavy atom. The summed E-state index contributed by atoms with van der Waals surface area (Å²) in [5.74, 6) is 0.262. The Hall–Kier alpha value is -1.62. The smallest absolute Gasteiger partial charge is 0.237 e. The largest absolute Gasteiger partial charge is 0.476 e. The lowest BCUT2D eigenvalue weighted by Crippen LogP contribution is -2.53. The van der Waals surface area contributed by atoms with Crippen LogP contribution in [0.4, 0.5) is 5.69 Å². The summed E-state index contributed by atoms with van der Waals surface area (Å²) in [5, 5.41) is 2.84. The maximum absolute atomic E-state index is 12.4. The SMILES string of the molecule is CCOc1ncccc1NC(=O)C(C)(C)C(C)(C)N. The standard InChI is InChI=1S/C14H23N3O2/c1-6-19-11-10(8-7-9-16-11)17-12(18)13(2,3)14(4,5)15/h7-9H,6,15H2,1-5H3,(H,17,18). The zero-order valence-corrected chi connectivity index (χ0v) is 12.3. The number of aromatic nitrogens is 1. The Bertz CT molecular complexity index is 450. The molecule has 0 atom stereocenters. The quantitative estimate of drug-likeness (QED) is 0.855. The summed E-state index contributed by atoms with van der Waals surface area (Å²) < 4.78 is 5.38. The Morgan fingerprint density at radius 1 is 1.42 bits per heavy atom. The first-order valence-electron chi connectivity index (χ1n) is 6.38. The minimum Gasteiger partial charge on any atom is -0.476 e. The second kappa shape index (κ2) is 5.57. The number of hydrogen-bond donors (Lipinski definition) is 2. The molecule has 0 radical (unpaired) electrons. The number of anilines is 1. The van der Waals surface area contributed by atoms with E-state index in [0.29, 0.717) is 18.2 Å². The number of carbonyl (C=O) groups is 1. The van der Waals surface area contributed by atoms with Crippen LogP contribution in [0.3, 0.4) is 0 Å². The van der Waals surface area contributed by atoms with Crippen LogP contribution in [0, 0.1) is 5.41 Å². The van der Waals surface area contributed by atoms with E-state index in [-0.39, 0.29) is 5.91 Å². The topological polar surface area (TPSA) is 77.2 Å². The van der Waals surface area contributed by atoms with Crippen molar-refractivity contribution in [2.24, 2.45) is 11.1 Å². The highest BCUT2D eigenvalue weighted by molar-refractivity contribution is 5.96. The van der Waals surface area contributed by atoms with Gasteiger partial charge in [0.05, 0.1) is 12.0 Å². The summed E-state index contributed by atoms with van der Waals surface area (Å²) in [4.78, 5) is 16.5. The van der Waals surface area contributed by atoms with Gasteiger partial charge in [0.2, 0.25) is 11.8 Å². The second-order valence-corrected chi connectivity index (χ2v) is 5.59. The lowest BCUT2D eigenvalue weighted by molar-refractivity contribution is -0.126. The number of nitrogens with zero attached hydrogens (tertiary/aromatic N) is 1. The highest BCUT2D eigenvalue weighted by atomic mass is 16.5. The van der Waals surface area contributed by atoms with Crippen molar-refractivity contribution in [3.8, 4) is 5.88 Å². The highest BCUT2D eigenvalue weighted by Gasteiger charge is 2.40. The summed E-state index contributed by atoms with van der Waals surface area (Å²) in [6.45, 7) is 9.66. The van der Waals surface area contributed by atoms with Gasteiger partial charge in [-0.1, -0.05) is 0 Å². The molecule has 1 heterocycles. The molecular weight excluding hydrogens is 242 g/mol. The summed E-state index contributed by atoms with van der Waals surface area (Å²) in [7, 11) is 0.